The highest BCUT2D eigenvalue weighted by Gasteiger charge is 2.20. The molecule has 0 saturated carbocycles. The molecule has 3 nitrogen and oxygen atoms in total. The maximum atomic E-state index is 9.12. The van der Waals surface area contributed by atoms with Gasteiger partial charge in [0.2, 0.25) is 0 Å². The van der Waals surface area contributed by atoms with Gasteiger partial charge in [-0.2, -0.15) is 0 Å². The summed E-state index contributed by atoms with van der Waals surface area (Å²) in [6, 6.07) is 0.121. The second-order valence-electron chi connectivity index (χ2n) is 2.90. The highest BCUT2D eigenvalue weighted by atomic mass is 16.5. The van der Waals surface area contributed by atoms with Gasteiger partial charge in [-0.1, -0.05) is 0 Å². The Morgan fingerprint density at radius 3 is 2.80 bits per heavy atom. The third-order valence-corrected chi connectivity index (χ3v) is 1.81. The third kappa shape index (κ3) is 1.94. The summed E-state index contributed by atoms with van der Waals surface area (Å²) < 4.78 is 5.33. The van der Waals surface area contributed by atoms with Crippen LogP contribution in [0.1, 0.15) is 13.8 Å². The highest BCUT2D eigenvalue weighted by molar-refractivity contribution is 4.77. The fourth-order valence-corrected chi connectivity index (χ4v) is 1.01. The first-order valence-electron chi connectivity index (χ1n) is 3.73. The first kappa shape index (κ1) is 7.98. The Kier molecular flexibility index (Phi) is 2.65. The molecule has 0 aliphatic carbocycles. The normalized spacial score (nSPS) is 37.5. The average Bonchev–Trinajstić information content (AvgIpc) is 1.88. The number of hydrogen-bond donors (Lipinski definition) is 2. The molecule has 10 heavy (non-hydrogen) atoms. The lowest BCUT2D eigenvalue weighted by molar-refractivity contribution is -0.0176. The molecule has 0 amide bonds. The first-order valence-corrected chi connectivity index (χ1v) is 3.73. The molecular formula is C7H15NO2. The van der Waals surface area contributed by atoms with E-state index in [2.05, 4.69) is 5.32 Å². The lowest BCUT2D eigenvalue weighted by atomic mass is 10.1. The average molecular weight is 145 g/mol. The summed E-state index contributed by atoms with van der Waals surface area (Å²) in [5, 5.41) is 12.3. The number of morpholine rings is 1. The van der Waals surface area contributed by atoms with Crippen LogP contribution in [0.25, 0.3) is 0 Å². The van der Waals surface area contributed by atoms with Crippen molar-refractivity contribution in [3.05, 3.63) is 0 Å². The van der Waals surface area contributed by atoms with Crippen LogP contribution in [0.15, 0.2) is 0 Å². The SMILES string of the molecule is CC1CNC(C(C)O)CO1. The van der Waals surface area contributed by atoms with Gasteiger partial charge in [-0.15, -0.1) is 0 Å². The van der Waals surface area contributed by atoms with Crippen LogP contribution in [0.4, 0.5) is 0 Å². The molecule has 1 aliphatic rings. The fourth-order valence-electron chi connectivity index (χ4n) is 1.01. The van der Waals surface area contributed by atoms with Gasteiger partial charge in [0, 0.05) is 6.54 Å². The monoisotopic (exact) mass is 145 g/mol. The van der Waals surface area contributed by atoms with Gasteiger partial charge in [-0.25, -0.2) is 0 Å². The Morgan fingerprint density at radius 1 is 1.70 bits per heavy atom. The van der Waals surface area contributed by atoms with Gasteiger partial charge in [0.1, 0.15) is 0 Å². The zero-order valence-corrected chi connectivity index (χ0v) is 6.50. The first-order chi connectivity index (χ1) is 4.70. The van der Waals surface area contributed by atoms with Gasteiger partial charge >= 0.3 is 0 Å². The topological polar surface area (TPSA) is 41.5 Å². The molecule has 1 rings (SSSR count). The Morgan fingerprint density at radius 2 is 2.40 bits per heavy atom. The van der Waals surface area contributed by atoms with E-state index in [-0.39, 0.29) is 18.2 Å². The molecule has 3 unspecified atom stereocenters. The Labute approximate surface area is 61.4 Å². The van der Waals surface area contributed by atoms with Crippen LogP contribution in [-0.4, -0.2) is 36.5 Å². The van der Waals surface area contributed by atoms with Crippen molar-refractivity contribution in [3.63, 3.8) is 0 Å². The van der Waals surface area contributed by atoms with Crippen molar-refractivity contribution in [2.24, 2.45) is 0 Å². The minimum Gasteiger partial charge on any atom is -0.392 e. The molecule has 0 bridgehead atoms. The third-order valence-electron chi connectivity index (χ3n) is 1.81. The zero-order valence-electron chi connectivity index (χ0n) is 6.50. The van der Waals surface area contributed by atoms with E-state index in [9.17, 15) is 0 Å². The lowest BCUT2D eigenvalue weighted by Gasteiger charge is -2.29. The van der Waals surface area contributed by atoms with Crippen LogP contribution >= 0.6 is 0 Å². The number of aliphatic hydroxyl groups excluding tert-OH is 1. The highest BCUT2D eigenvalue weighted by Crippen LogP contribution is 2.02. The number of aliphatic hydroxyl groups is 1. The summed E-state index contributed by atoms with van der Waals surface area (Å²) in [4.78, 5) is 0. The molecule has 1 saturated heterocycles. The molecule has 60 valence electrons. The van der Waals surface area contributed by atoms with Crippen molar-refractivity contribution >= 4 is 0 Å². The van der Waals surface area contributed by atoms with Crippen LogP contribution in [0.3, 0.4) is 0 Å². The predicted octanol–water partition coefficient (Wildman–Crippen LogP) is -0.256. The largest absolute Gasteiger partial charge is 0.392 e. The maximum Gasteiger partial charge on any atom is 0.0687 e. The van der Waals surface area contributed by atoms with Crippen LogP contribution in [0.2, 0.25) is 0 Å². The van der Waals surface area contributed by atoms with E-state index in [4.69, 9.17) is 9.84 Å². The van der Waals surface area contributed by atoms with E-state index in [0.717, 1.165) is 6.54 Å². The van der Waals surface area contributed by atoms with E-state index in [1.54, 1.807) is 6.92 Å². The minimum absolute atomic E-state index is 0.121. The van der Waals surface area contributed by atoms with Crippen LogP contribution in [-0.2, 0) is 4.74 Å². The summed E-state index contributed by atoms with van der Waals surface area (Å²) in [7, 11) is 0. The summed E-state index contributed by atoms with van der Waals surface area (Å²) in [5.41, 5.74) is 0. The van der Waals surface area contributed by atoms with Crippen molar-refractivity contribution < 1.29 is 9.84 Å². The molecule has 0 radical (unpaired) electrons. The number of hydrogen-bond acceptors (Lipinski definition) is 3. The molecule has 1 aliphatic heterocycles. The summed E-state index contributed by atoms with van der Waals surface area (Å²) in [6.07, 6.45) is -0.0255. The quantitative estimate of drug-likeness (QED) is 0.534. The van der Waals surface area contributed by atoms with E-state index >= 15 is 0 Å². The van der Waals surface area contributed by atoms with Crippen LogP contribution in [0.5, 0.6) is 0 Å². The molecule has 0 aromatic heterocycles. The smallest absolute Gasteiger partial charge is 0.0687 e. The van der Waals surface area contributed by atoms with Gasteiger partial charge in [0.15, 0.2) is 0 Å². The molecule has 0 aromatic rings. The van der Waals surface area contributed by atoms with Crippen molar-refractivity contribution in [1.82, 2.24) is 5.32 Å². The van der Waals surface area contributed by atoms with Crippen molar-refractivity contribution in [1.29, 1.82) is 0 Å². The van der Waals surface area contributed by atoms with Gasteiger partial charge in [0.05, 0.1) is 24.9 Å². The second kappa shape index (κ2) is 3.32. The van der Waals surface area contributed by atoms with E-state index in [0.29, 0.717) is 6.61 Å². The van der Waals surface area contributed by atoms with Gasteiger partial charge in [-0.3, -0.25) is 0 Å². The molecule has 2 N–H and O–H groups in total. The molecule has 0 spiro atoms. The maximum absolute atomic E-state index is 9.12. The van der Waals surface area contributed by atoms with Crippen molar-refractivity contribution in [3.8, 4) is 0 Å². The van der Waals surface area contributed by atoms with E-state index in [1.807, 2.05) is 6.92 Å². The molecule has 0 aromatic carbocycles. The molecule has 1 heterocycles. The van der Waals surface area contributed by atoms with Crippen molar-refractivity contribution in [2.45, 2.75) is 32.1 Å². The minimum atomic E-state index is -0.313. The predicted molar refractivity (Wildman–Crippen MR) is 38.9 cm³/mol. The Hall–Kier alpha value is -0.120. The number of rotatable bonds is 1. The Balaban J connectivity index is 2.26. The van der Waals surface area contributed by atoms with E-state index in [1.165, 1.54) is 0 Å². The molecule has 3 atom stereocenters. The molecule has 1 fully saturated rings. The van der Waals surface area contributed by atoms with Crippen LogP contribution < -0.4 is 5.32 Å². The lowest BCUT2D eigenvalue weighted by Crippen LogP contribution is -2.50. The second-order valence-corrected chi connectivity index (χ2v) is 2.90. The van der Waals surface area contributed by atoms with E-state index < -0.39 is 0 Å². The van der Waals surface area contributed by atoms with Gasteiger partial charge in [-0.05, 0) is 13.8 Å². The van der Waals surface area contributed by atoms with Gasteiger partial charge < -0.3 is 15.2 Å². The summed E-state index contributed by atoms with van der Waals surface area (Å²) >= 11 is 0. The van der Waals surface area contributed by atoms with Gasteiger partial charge in [0.25, 0.3) is 0 Å². The molecule has 3 heteroatoms. The summed E-state index contributed by atoms with van der Waals surface area (Å²) in [6.45, 7) is 5.26. The standard InChI is InChI=1S/C7H15NO2/c1-5-3-8-7(4-10-5)6(2)9/h5-9H,3-4H2,1-2H3. The Bertz CT molecular complexity index is 97.8. The zero-order chi connectivity index (χ0) is 7.56. The molecular weight excluding hydrogens is 130 g/mol. The van der Waals surface area contributed by atoms with Crippen LogP contribution in [0, 0.1) is 0 Å². The number of nitrogens with one attached hydrogen (secondary N) is 1. The summed E-state index contributed by atoms with van der Waals surface area (Å²) in [5.74, 6) is 0. The van der Waals surface area contributed by atoms with Crippen molar-refractivity contribution in [2.75, 3.05) is 13.2 Å². The fraction of sp³-hybridized carbons (Fsp3) is 1.00. The number of ether oxygens (including phenoxy) is 1.